The maximum atomic E-state index is 11.9. The number of amides is 2. The van der Waals surface area contributed by atoms with Crippen LogP contribution in [0.15, 0.2) is 18.2 Å². The summed E-state index contributed by atoms with van der Waals surface area (Å²) in [6, 6.07) is 4.96. The van der Waals surface area contributed by atoms with Gasteiger partial charge >= 0.3 is 0 Å². The van der Waals surface area contributed by atoms with Crippen molar-refractivity contribution < 1.29 is 19.1 Å². The Morgan fingerprint density at radius 1 is 1.32 bits per heavy atom. The monoisotopic (exact) mass is 259 g/mol. The molecule has 5 nitrogen and oxygen atoms in total. The van der Waals surface area contributed by atoms with Gasteiger partial charge in [-0.2, -0.15) is 0 Å². The fourth-order valence-corrected chi connectivity index (χ4v) is 2.57. The third kappa shape index (κ3) is 1.82. The van der Waals surface area contributed by atoms with Gasteiger partial charge in [0.05, 0.1) is 25.5 Å². The first-order chi connectivity index (χ1) is 9.15. The van der Waals surface area contributed by atoms with Crippen LogP contribution in [0.2, 0.25) is 0 Å². The summed E-state index contributed by atoms with van der Waals surface area (Å²) < 4.78 is 5.20. The van der Waals surface area contributed by atoms with Crippen LogP contribution in [0, 0.1) is 11.8 Å². The second-order valence-corrected chi connectivity index (χ2v) is 4.90. The number of hydrogen-bond acceptors (Lipinski definition) is 4. The zero-order valence-corrected chi connectivity index (χ0v) is 10.5. The van der Waals surface area contributed by atoms with Crippen molar-refractivity contribution >= 4 is 18.1 Å². The number of hydrogen-bond donors (Lipinski definition) is 0. The van der Waals surface area contributed by atoms with Gasteiger partial charge < -0.3 is 4.74 Å². The average Bonchev–Trinajstić information content (AvgIpc) is 3.19. The van der Waals surface area contributed by atoms with E-state index in [-0.39, 0.29) is 30.2 Å². The lowest BCUT2D eigenvalue weighted by Gasteiger charge is -2.18. The van der Waals surface area contributed by atoms with Crippen LogP contribution >= 0.6 is 0 Å². The maximum Gasteiger partial charge on any atom is 0.233 e. The molecule has 0 spiro atoms. The molecule has 19 heavy (non-hydrogen) atoms. The predicted molar refractivity (Wildman–Crippen MR) is 65.5 cm³/mol. The first-order valence-corrected chi connectivity index (χ1v) is 6.13. The van der Waals surface area contributed by atoms with Gasteiger partial charge in [0.15, 0.2) is 0 Å². The standard InChI is InChI=1S/C14H13NO4/c1-19-12-3-2-8(7-16)4-9(12)6-15-13(17)10-5-11(10)14(15)18/h2-4,7,10-11H,5-6H2,1H3. The summed E-state index contributed by atoms with van der Waals surface area (Å²) in [7, 11) is 1.52. The minimum Gasteiger partial charge on any atom is -0.496 e. The first-order valence-electron chi connectivity index (χ1n) is 6.13. The number of carbonyl (C=O) groups excluding carboxylic acids is 3. The molecule has 0 radical (unpaired) electrons. The summed E-state index contributed by atoms with van der Waals surface area (Å²) in [4.78, 5) is 35.9. The molecule has 1 aromatic rings. The van der Waals surface area contributed by atoms with Crippen LogP contribution < -0.4 is 4.74 Å². The van der Waals surface area contributed by atoms with Crippen LogP contribution in [0.1, 0.15) is 22.3 Å². The van der Waals surface area contributed by atoms with E-state index in [2.05, 4.69) is 0 Å². The van der Waals surface area contributed by atoms with Crippen molar-refractivity contribution in [2.24, 2.45) is 11.8 Å². The molecular formula is C14H13NO4. The van der Waals surface area contributed by atoms with Crippen LogP contribution in [0.3, 0.4) is 0 Å². The van der Waals surface area contributed by atoms with E-state index in [1.807, 2.05) is 0 Å². The molecule has 0 bridgehead atoms. The lowest BCUT2D eigenvalue weighted by molar-refractivity contribution is -0.142. The molecule has 0 N–H and O–H groups in total. The number of imide groups is 1. The van der Waals surface area contributed by atoms with Crippen molar-refractivity contribution in [1.82, 2.24) is 4.90 Å². The number of nitrogens with zero attached hydrogens (tertiary/aromatic N) is 1. The molecule has 5 heteroatoms. The number of benzene rings is 1. The number of likely N-dealkylation sites (tertiary alicyclic amines) is 1. The SMILES string of the molecule is COc1ccc(C=O)cc1CN1C(=O)C2CC2C1=O. The van der Waals surface area contributed by atoms with Gasteiger partial charge in [0.25, 0.3) is 0 Å². The molecule has 1 aliphatic heterocycles. The molecule has 98 valence electrons. The summed E-state index contributed by atoms with van der Waals surface area (Å²) in [5, 5.41) is 0. The Balaban J connectivity index is 1.88. The van der Waals surface area contributed by atoms with Gasteiger partial charge in [-0.3, -0.25) is 19.3 Å². The van der Waals surface area contributed by atoms with Crippen LogP contribution in [0.5, 0.6) is 5.75 Å². The van der Waals surface area contributed by atoms with E-state index in [1.165, 1.54) is 12.0 Å². The highest BCUT2D eigenvalue weighted by molar-refractivity contribution is 6.08. The molecule has 2 atom stereocenters. The highest BCUT2D eigenvalue weighted by Crippen LogP contribution is 2.47. The van der Waals surface area contributed by atoms with Crippen LogP contribution in [-0.2, 0) is 16.1 Å². The molecular weight excluding hydrogens is 246 g/mol. The second-order valence-electron chi connectivity index (χ2n) is 4.90. The molecule has 0 aromatic heterocycles. The summed E-state index contributed by atoms with van der Waals surface area (Å²) in [6.45, 7) is 0.176. The number of fused-ring (bicyclic) bond motifs is 1. The predicted octanol–water partition coefficient (Wildman–Crippen LogP) is 1.01. The van der Waals surface area contributed by atoms with Crippen LogP contribution in [0.25, 0.3) is 0 Å². The van der Waals surface area contributed by atoms with Gasteiger partial charge in [-0.25, -0.2) is 0 Å². The summed E-state index contributed by atoms with van der Waals surface area (Å²) in [5.41, 5.74) is 1.18. The van der Waals surface area contributed by atoms with Gasteiger partial charge in [0.2, 0.25) is 11.8 Å². The van der Waals surface area contributed by atoms with Gasteiger partial charge in [-0.05, 0) is 24.6 Å². The van der Waals surface area contributed by atoms with E-state index in [0.29, 0.717) is 23.3 Å². The Morgan fingerprint density at radius 3 is 2.58 bits per heavy atom. The molecule has 3 rings (SSSR count). The van der Waals surface area contributed by atoms with Gasteiger partial charge in [-0.1, -0.05) is 0 Å². The number of methoxy groups -OCH3 is 1. The molecule has 1 aliphatic carbocycles. The Kier molecular flexibility index (Phi) is 2.62. The Labute approximate surface area is 110 Å². The van der Waals surface area contributed by atoms with Crippen molar-refractivity contribution in [2.75, 3.05) is 7.11 Å². The number of aldehydes is 1. The lowest BCUT2D eigenvalue weighted by atomic mass is 10.1. The smallest absolute Gasteiger partial charge is 0.233 e. The Bertz CT molecular complexity index is 561. The Hall–Kier alpha value is -2.17. The fraction of sp³-hybridized carbons (Fsp3) is 0.357. The summed E-state index contributed by atoms with van der Waals surface area (Å²) in [5.74, 6) is 0.161. The molecule has 1 saturated carbocycles. The minimum atomic E-state index is -0.104. The summed E-state index contributed by atoms with van der Waals surface area (Å²) in [6.07, 6.45) is 1.42. The average molecular weight is 259 g/mol. The fourth-order valence-electron chi connectivity index (χ4n) is 2.57. The van der Waals surface area contributed by atoms with Crippen molar-refractivity contribution in [3.63, 3.8) is 0 Å². The molecule has 2 unspecified atom stereocenters. The van der Waals surface area contributed by atoms with E-state index in [0.717, 1.165) is 6.29 Å². The van der Waals surface area contributed by atoms with E-state index in [4.69, 9.17) is 4.74 Å². The molecule has 1 saturated heterocycles. The highest BCUT2D eigenvalue weighted by Gasteiger charge is 2.58. The van der Waals surface area contributed by atoms with Gasteiger partial charge in [-0.15, -0.1) is 0 Å². The number of rotatable bonds is 4. The molecule has 1 heterocycles. The zero-order chi connectivity index (χ0) is 13.6. The van der Waals surface area contributed by atoms with E-state index < -0.39 is 0 Å². The molecule has 2 amide bonds. The Morgan fingerprint density at radius 2 is 2.00 bits per heavy atom. The second kappa shape index (κ2) is 4.19. The van der Waals surface area contributed by atoms with E-state index in [9.17, 15) is 14.4 Å². The number of carbonyl (C=O) groups is 3. The van der Waals surface area contributed by atoms with Crippen molar-refractivity contribution in [2.45, 2.75) is 13.0 Å². The molecule has 1 aromatic carbocycles. The highest BCUT2D eigenvalue weighted by atomic mass is 16.5. The van der Waals surface area contributed by atoms with Crippen molar-refractivity contribution in [3.8, 4) is 5.75 Å². The topological polar surface area (TPSA) is 63.7 Å². The van der Waals surface area contributed by atoms with Gasteiger partial charge in [0, 0.05) is 11.1 Å². The third-order valence-corrected chi connectivity index (χ3v) is 3.73. The normalized spacial score (nSPS) is 24.4. The van der Waals surface area contributed by atoms with Crippen molar-refractivity contribution in [3.05, 3.63) is 29.3 Å². The largest absolute Gasteiger partial charge is 0.496 e. The van der Waals surface area contributed by atoms with Crippen LogP contribution in [0.4, 0.5) is 0 Å². The quantitative estimate of drug-likeness (QED) is 0.598. The zero-order valence-electron chi connectivity index (χ0n) is 10.5. The number of ether oxygens (including phenoxy) is 1. The molecule has 2 aliphatic rings. The molecule has 2 fully saturated rings. The van der Waals surface area contributed by atoms with Crippen LogP contribution in [-0.4, -0.2) is 30.1 Å². The van der Waals surface area contributed by atoms with E-state index in [1.54, 1.807) is 18.2 Å². The van der Waals surface area contributed by atoms with Gasteiger partial charge in [0.1, 0.15) is 12.0 Å². The van der Waals surface area contributed by atoms with E-state index >= 15 is 0 Å². The third-order valence-electron chi connectivity index (χ3n) is 3.73. The lowest BCUT2D eigenvalue weighted by Crippen LogP contribution is -2.32. The first kappa shape index (κ1) is 11.9. The number of piperidine rings is 1. The minimum absolute atomic E-state index is 0.103. The summed E-state index contributed by atoms with van der Waals surface area (Å²) >= 11 is 0. The van der Waals surface area contributed by atoms with Crippen molar-refractivity contribution in [1.29, 1.82) is 0 Å². The maximum absolute atomic E-state index is 11.9.